The second kappa shape index (κ2) is 2.58. The van der Waals surface area contributed by atoms with Crippen molar-refractivity contribution < 1.29 is 9.47 Å². The molecule has 0 saturated heterocycles. The molecule has 0 bridgehead atoms. The number of hydrogen-bond donors (Lipinski definition) is 3. The molecule has 4 N–H and O–H groups in total. The first-order valence-corrected chi connectivity index (χ1v) is 3.89. The summed E-state index contributed by atoms with van der Waals surface area (Å²) in [6, 6.07) is -0.228. The van der Waals surface area contributed by atoms with E-state index in [1.54, 1.807) is 13.1 Å². The number of nitrogens with zero attached hydrogens (tertiary/aromatic N) is 2. The van der Waals surface area contributed by atoms with Crippen molar-refractivity contribution in [2.24, 2.45) is 0 Å². The molecule has 2 amide bonds. The van der Waals surface area contributed by atoms with Gasteiger partial charge in [-0.2, -0.15) is 0 Å². The smallest absolute Gasteiger partial charge is 0.322 e. The van der Waals surface area contributed by atoms with Gasteiger partial charge in [0.1, 0.15) is 6.20 Å². The lowest BCUT2D eigenvalue weighted by molar-refractivity contribution is -0.649. The number of rotatable bonds is 0. The molecule has 6 nitrogen and oxygen atoms in total. The molecule has 2 heterocycles. The molecular weight excluding hydrogens is 170 g/mol. The van der Waals surface area contributed by atoms with E-state index in [0.717, 1.165) is 5.56 Å². The number of anilines is 1. The van der Waals surface area contributed by atoms with E-state index in [1.807, 2.05) is 0 Å². The molecule has 0 unspecified atom stereocenters. The Morgan fingerprint density at radius 1 is 1.69 bits per heavy atom. The van der Waals surface area contributed by atoms with Gasteiger partial charge in [-0.1, -0.05) is 0 Å². The molecule has 0 saturated carbocycles. The summed E-state index contributed by atoms with van der Waals surface area (Å²) in [7, 11) is 0. The van der Waals surface area contributed by atoms with Gasteiger partial charge in [0.25, 0.3) is 5.82 Å². The Morgan fingerprint density at radius 3 is 3.23 bits per heavy atom. The van der Waals surface area contributed by atoms with Crippen LogP contribution in [0.2, 0.25) is 0 Å². The maximum absolute atomic E-state index is 10.9. The van der Waals surface area contributed by atoms with Crippen molar-refractivity contribution in [3.63, 3.8) is 0 Å². The van der Waals surface area contributed by atoms with Crippen LogP contribution in [0.15, 0.2) is 6.20 Å². The van der Waals surface area contributed by atoms with Gasteiger partial charge in [-0.3, -0.25) is 11.2 Å². The molecule has 0 fully saturated rings. The Labute approximate surface area is 74.7 Å². The lowest BCUT2D eigenvalue weighted by Gasteiger charge is -2.13. The van der Waals surface area contributed by atoms with E-state index in [0.29, 0.717) is 18.2 Å². The number of nitrogens with two attached hydrogens (primary N) is 1. The molecule has 0 spiro atoms. The summed E-state index contributed by atoms with van der Waals surface area (Å²) >= 11 is 0. The Kier molecular flexibility index (Phi) is 1.54. The van der Waals surface area contributed by atoms with Crippen molar-refractivity contribution in [3.8, 4) is 0 Å². The lowest BCUT2D eigenvalue weighted by atomic mass is 10.2. The number of fused-ring (bicyclic) bond motifs is 1. The number of urea groups is 1. The number of aryl methyl sites for hydroxylation is 1. The van der Waals surface area contributed by atoms with E-state index >= 15 is 0 Å². The molecule has 0 atom stereocenters. The number of nitrogens with one attached hydrogen (secondary N) is 2. The van der Waals surface area contributed by atoms with E-state index in [2.05, 4.69) is 15.6 Å². The van der Waals surface area contributed by atoms with Gasteiger partial charge >= 0.3 is 11.9 Å². The summed E-state index contributed by atoms with van der Waals surface area (Å²) in [4.78, 5) is 15.1. The Morgan fingerprint density at radius 2 is 2.46 bits per heavy atom. The van der Waals surface area contributed by atoms with Gasteiger partial charge in [0.2, 0.25) is 0 Å². The van der Waals surface area contributed by atoms with Gasteiger partial charge in [-0.05, 0) is 4.98 Å². The first-order valence-electron chi connectivity index (χ1n) is 3.89. The van der Waals surface area contributed by atoms with Gasteiger partial charge in [-0.25, -0.2) is 4.79 Å². The highest BCUT2D eigenvalue weighted by Gasteiger charge is 2.22. The van der Waals surface area contributed by atoms with E-state index in [9.17, 15) is 4.79 Å². The van der Waals surface area contributed by atoms with Gasteiger partial charge in [-0.15, -0.1) is 4.68 Å². The third-order valence-electron chi connectivity index (χ3n) is 1.92. The average molecular weight is 180 g/mol. The van der Waals surface area contributed by atoms with Crippen molar-refractivity contribution in [3.05, 3.63) is 17.6 Å². The highest BCUT2D eigenvalue weighted by Crippen LogP contribution is 2.12. The minimum Gasteiger partial charge on any atom is -0.333 e. The molecule has 68 valence electrons. The van der Waals surface area contributed by atoms with Crippen LogP contribution in [0, 0.1) is 6.92 Å². The summed E-state index contributed by atoms with van der Waals surface area (Å²) in [5, 5.41) is 5.22. The maximum atomic E-state index is 10.9. The quantitative estimate of drug-likeness (QED) is 0.354. The van der Waals surface area contributed by atoms with E-state index in [1.165, 1.54) is 4.68 Å². The maximum Gasteiger partial charge on any atom is 0.322 e. The molecule has 6 heteroatoms. The fourth-order valence-electron chi connectivity index (χ4n) is 1.18. The minimum absolute atomic E-state index is 0.228. The number of aromatic nitrogens is 2. The molecule has 1 aromatic rings. The highest BCUT2D eigenvalue weighted by molar-refractivity contribution is 5.90. The Hall–Kier alpha value is -1.85. The minimum atomic E-state index is -0.228. The van der Waals surface area contributed by atoms with Crippen LogP contribution in [0.5, 0.6) is 0 Å². The number of hydrogen-bond acceptors (Lipinski definition) is 3. The number of amides is 2. The normalized spacial score (nSPS) is 14.4. The van der Waals surface area contributed by atoms with Crippen LogP contribution in [-0.4, -0.2) is 11.0 Å². The zero-order valence-electron chi connectivity index (χ0n) is 7.16. The first kappa shape index (κ1) is 7.78. The summed E-state index contributed by atoms with van der Waals surface area (Å²) < 4.78 is 1.43. The Balaban J connectivity index is 2.49. The molecule has 0 aromatic carbocycles. The van der Waals surface area contributed by atoms with Crippen molar-refractivity contribution >= 4 is 11.8 Å². The monoisotopic (exact) mass is 180 g/mol. The first-order chi connectivity index (χ1) is 6.16. The van der Waals surface area contributed by atoms with Crippen LogP contribution in [0.25, 0.3) is 0 Å². The summed E-state index contributed by atoms with van der Waals surface area (Å²) in [5.41, 5.74) is 0.882. The van der Waals surface area contributed by atoms with Crippen LogP contribution in [0.3, 0.4) is 0 Å². The van der Waals surface area contributed by atoms with Gasteiger partial charge < -0.3 is 5.32 Å². The Bertz CT molecular complexity index is 375. The largest absolute Gasteiger partial charge is 0.333 e. The van der Waals surface area contributed by atoms with Crippen molar-refractivity contribution in [2.75, 3.05) is 11.2 Å². The van der Waals surface area contributed by atoms with E-state index in [4.69, 9.17) is 5.84 Å². The zero-order valence-corrected chi connectivity index (χ0v) is 7.16. The average Bonchev–Trinajstić information content (AvgIpc) is 2.08. The van der Waals surface area contributed by atoms with Crippen LogP contribution < -0.4 is 21.2 Å². The van der Waals surface area contributed by atoms with Crippen LogP contribution >= 0.6 is 0 Å². The fourth-order valence-corrected chi connectivity index (χ4v) is 1.18. The standard InChI is InChI=1S/C7H9N5O/c1-4-10-6-5(3-12(4)8)2-9-7(13)11-6/h3H,2,8H2,1H3,(H,9,13)/p+1. The predicted octanol–water partition coefficient (Wildman–Crippen LogP) is -0.974. The molecule has 13 heavy (non-hydrogen) atoms. The molecular formula is C7H10N5O+. The number of carbonyl (C=O) groups is 1. The molecule has 0 radical (unpaired) electrons. The topological polar surface area (TPSA) is 83.9 Å². The number of carbonyl (C=O) groups excluding carboxylic acids is 1. The van der Waals surface area contributed by atoms with E-state index < -0.39 is 0 Å². The van der Waals surface area contributed by atoms with Gasteiger partial charge in [0, 0.05) is 6.92 Å². The summed E-state index contributed by atoms with van der Waals surface area (Å²) in [6.45, 7) is 2.24. The van der Waals surface area contributed by atoms with Crippen LogP contribution in [0.1, 0.15) is 11.4 Å². The third-order valence-corrected chi connectivity index (χ3v) is 1.92. The molecule has 1 aromatic heterocycles. The molecule has 0 aliphatic carbocycles. The molecule has 1 aliphatic rings. The number of nitrogen functional groups attached to an aromatic ring is 1. The lowest BCUT2D eigenvalue weighted by Crippen LogP contribution is -2.49. The third kappa shape index (κ3) is 1.26. The summed E-state index contributed by atoms with van der Waals surface area (Å²) in [5.74, 6) is 6.83. The highest BCUT2D eigenvalue weighted by atomic mass is 16.2. The zero-order chi connectivity index (χ0) is 9.42. The summed E-state index contributed by atoms with van der Waals surface area (Å²) in [6.07, 6.45) is 1.74. The van der Waals surface area contributed by atoms with Gasteiger partial charge in [0.05, 0.1) is 12.1 Å². The van der Waals surface area contributed by atoms with Crippen LogP contribution in [0.4, 0.5) is 10.6 Å². The second-order valence-electron chi connectivity index (χ2n) is 2.88. The van der Waals surface area contributed by atoms with Crippen molar-refractivity contribution in [1.82, 2.24) is 10.3 Å². The predicted molar refractivity (Wildman–Crippen MR) is 45.2 cm³/mol. The van der Waals surface area contributed by atoms with E-state index in [-0.39, 0.29) is 6.03 Å². The SMILES string of the molecule is Cc1nc2c(c[n+]1N)CNC(=O)N2. The van der Waals surface area contributed by atoms with Crippen LogP contribution in [-0.2, 0) is 6.54 Å². The fraction of sp³-hybridized carbons (Fsp3) is 0.286. The van der Waals surface area contributed by atoms with Gasteiger partial charge in [0.15, 0.2) is 0 Å². The van der Waals surface area contributed by atoms with Crippen molar-refractivity contribution in [2.45, 2.75) is 13.5 Å². The second-order valence-corrected chi connectivity index (χ2v) is 2.88. The van der Waals surface area contributed by atoms with Crippen molar-refractivity contribution in [1.29, 1.82) is 0 Å². The molecule has 2 rings (SSSR count). The molecule has 1 aliphatic heterocycles.